The molecule has 0 heterocycles. The minimum Gasteiger partial charge on any atom is -0.504 e. The lowest BCUT2D eigenvalue weighted by molar-refractivity contribution is -0.386. The van der Waals surface area contributed by atoms with E-state index in [1.54, 1.807) is 0 Å². The highest BCUT2D eigenvalue weighted by Gasteiger charge is 2.29. The maximum absolute atomic E-state index is 12.0. The third-order valence-electron chi connectivity index (χ3n) is 2.46. The second-order valence-electron chi connectivity index (χ2n) is 3.93. The number of nitrogens with zero attached hydrogens (tertiary/aromatic N) is 1. The fourth-order valence-corrected chi connectivity index (χ4v) is 1.46. The molecule has 0 bridgehead atoms. The Morgan fingerprint density at radius 1 is 1.35 bits per heavy atom. The van der Waals surface area contributed by atoms with Gasteiger partial charge in [-0.1, -0.05) is 0 Å². The van der Waals surface area contributed by atoms with Crippen LogP contribution in [0.1, 0.15) is 24.4 Å². The summed E-state index contributed by atoms with van der Waals surface area (Å²) >= 11 is 0. The van der Waals surface area contributed by atoms with Gasteiger partial charge in [-0.3, -0.25) is 10.1 Å². The Bertz CT molecular complexity index is 496. The van der Waals surface area contributed by atoms with E-state index in [1.165, 1.54) is 0 Å². The van der Waals surface area contributed by atoms with Crippen LogP contribution in [0, 0.1) is 10.1 Å². The summed E-state index contributed by atoms with van der Waals surface area (Å²) < 4.78 is 36.1. The lowest BCUT2D eigenvalue weighted by Crippen LogP contribution is -2.16. The summed E-state index contributed by atoms with van der Waals surface area (Å²) in [7, 11) is 0. The molecule has 0 saturated heterocycles. The first-order valence-electron chi connectivity index (χ1n) is 5.14. The van der Waals surface area contributed by atoms with E-state index in [9.17, 15) is 33.5 Å². The second kappa shape index (κ2) is 6.62. The molecule has 1 atom stereocenters. The zero-order chi connectivity index (χ0) is 14.8. The van der Waals surface area contributed by atoms with Crippen LogP contribution < -0.4 is 5.73 Å². The van der Waals surface area contributed by atoms with Gasteiger partial charge in [0.1, 0.15) is 0 Å². The first kappa shape index (κ1) is 18.3. The predicted molar refractivity (Wildman–Crippen MR) is 65.9 cm³/mol. The first-order valence-corrected chi connectivity index (χ1v) is 5.14. The standard InChI is InChI=1S/C10H11F3N2O4.ClH/c11-10(12,13)2-1-6(14)5-3-7(15(18)19)9(17)8(16)4-5;/h3-4,6,16-17H,1-2,14H2;1H/t6-;/m1./s1. The molecule has 0 fully saturated rings. The van der Waals surface area contributed by atoms with Crippen molar-refractivity contribution in [3.8, 4) is 11.5 Å². The highest BCUT2D eigenvalue weighted by molar-refractivity contribution is 5.85. The number of benzene rings is 1. The molecule has 1 rings (SSSR count). The van der Waals surface area contributed by atoms with Crippen LogP contribution in [-0.2, 0) is 0 Å². The van der Waals surface area contributed by atoms with Crippen molar-refractivity contribution in [1.82, 2.24) is 0 Å². The molecule has 1 aromatic carbocycles. The fourth-order valence-electron chi connectivity index (χ4n) is 1.46. The van der Waals surface area contributed by atoms with Crippen LogP contribution in [0.15, 0.2) is 12.1 Å². The van der Waals surface area contributed by atoms with Gasteiger partial charge in [0.15, 0.2) is 5.75 Å². The second-order valence-corrected chi connectivity index (χ2v) is 3.93. The highest BCUT2D eigenvalue weighted by atomic mass is 35.5. The quantitative estimate of drug-likeness (QED) is 0.449. The number of hydrogen-bond acceptors (Lipinski definition) is 5. The van der Waals surface area contributed by atoms with Crippen molar-refractivity contribution in [2.24, 2.45) is 5.73 Å². The summed E-state index contributed by atoms with van der Waals surface area (Å²) in [5.41, 5.74) is 4.62. The molecule has 20 heavy (non-hydrogen) atoms. The van der Waals surface area contributed by atoms with Crippen molar-refractivity contribution in [1.29, 1.82) is 0 Å². The average Bonchev–Trinajstić information content (AvgIpc) is 2.28. The summed E-state index contributed by atoms with van der Waals surface area (Å²) in [5.74, 6) is -1.75. The van der Waals surface area contributed by atoms with Gasteiger partial charge in [0.2, 0.25) is 5.75 Å². The number of nitro groups is 1. The van der Waals surface area contributed by atoms with Gasteiger partial charge in [-0.05, 0) is 18.1 Å². The van der Waals surface area contributed by atoms with Gasteiger partial charge in [0.05, 0.1) is 4.92 Å². The zero-order valence-electron chi connectivity index (χ0n) is 9.92. The molecular formula is C10H12ClF3N2O4. The van der Waals surface area contributed by atoms with Crippen molar-refractivity contribution in [2.45, 2.75) is 25.1 Å². The summed E-state index contributed by atoms with van der Waals surface area (Å²) in [4.78, 5) is 9.62. The first-order chi connectivity index (χ1) is 8.61. The number of halogens is 4. The Kier molecular flexibility index (Phi) is 6.04. The van der Waals surface area contributed by atoms with E-state index < -0.39 is 47.2 Å². The largest absolute Gasteiger partial charge is 0.504 e. The Hall–Kier alpha value is -1.74. The Morgan fingerprint density at radius 3 is 2.35 bits per heavy atom. The molecule has 0 aliphatic carbocycles. The molecule has 0 aliphatic heterocycles. The minimum atomic E-state index is -4.39. The number of nitrogens with two attached hydrogens (primary N) is 1. The van der Waals surface area contributed by atoms with E-state index in [-0.39, 0.29) is 18.0 Å². The van der Waals surface area contributed by atoms with E-state index in [1.807, 2.05) is 0 Å². The molecule has 0 amide bonds. The summed E-state index contributed by atoms with van der Waals surface area (Å²) in [5, 5.41) is 29.1. The molecule has 4 N–H and O–H groups in total. The molecule has 6 nitrogen and oxygen atoms in total. The molecule has 10 heteroatoms. The van der Waals surface area contributed by atoms with E-state index in [4.69, 9.17) is 5.73 Å². The van der Waals surface area contributed by atoms with E-state index in [0.717, 1.165) is 12.1 Å². The van der Waals surface area contributed by atoms with Crippen LogP contribution >= 0.6 is 12.4 Å². The van der Waals surface area contributed by atoms with Crippen LogP contribution in [0.5, 0.6) is 11.5 Å². The smallest absolute Gasteiger partial charge is 0.389 e. The molecule has 114 valence electrons. The van der Waals surface area contributed by atoms with Gasteiger partial charge >= 0.3 is 11.9 Å². The van der Waals surface area contributed by atoms with Gasteiger partial charge in [-0.25, -0.2) is 0 Å². The third kappa shape index (κ3) is 4.74. The monoisotopic (exact) mass is 316 g/mol. The fraction of sp³-hybridized carbons (Fsp3) is 0.400. The van der Waals surface area contributed by atoms with Crippen molar-refractivity contribution in [2.75, 3.05) is 0 Å². The number of hydrogen-bond donors (Lipinski definition) is 3. The number of phenolic OH excluding ortho intramolecular Hbond substituents is 2. The molecule has 0 unspecified atom stereocenters. The summed E-state index contributed by atoms with van der Waals surface area (Å²) in [6.45, 7) is 0. The van der Waals surface area contributed by atoms with E-state index in [2.05, 4.69) is 0 Å². The van der Waals surface area contributed by atoms with Gasteiger partial charge < -0.3 is 15.9 Å². The maximum atomic E-state index is 12.0. The highest BCUT2D eigenvalue weighted by Crippen LogP contribution is 2.38. The van der Waals surface area contributed by atoms with Crippen molar-refractivity contribution in [3.05, 3.63) is 27.8 Å². The number of nitro benzene ring substituents is 1. The number of alkyl halides is 3. The number of rotatable bonds is 4. The van der Waals surface area contributed by atoms with Gasteiger partial charge in [0.25, 0.3) is 0 Å². The molecule has 0 saturated carbocycles. The molecule has 0 spiro atoms. The van der Waals surface area contributed by atoms with Gasteiger partial charge in [-0.15, -0.1) is 12.4 Å². The molecule has 0 aromatic heterocycles. The van der Waals surface area contributed by atoms with Crippen LogP contribution in [0.4, 0.5) is 18.9 Å². The van der Waals surface area contributed by atoms with Gasteiger partial charge in [0, 0.05) is 18.5 Å². The molecule has 1 aromatic rings. The Balaban J connectivity index is 0.00000361. The SMILES string of the molecule is Cl.N[C@H](CCC(F)(F)F)c1cc(O)c(O)c([N+](=O)[O-])c1. The zero-order valence-corrected chi connectivity index (χ0v) is 10.7. The van der Waals surface area contributed by atoms with Gasteiger partial charge in [-0.2, -0.15) is 13.2 Å². The Labute approximate surface area is 117 Å². The number of aromatic hydroxyl groups is 2. The topological polar surface area (TPSA) is 110 Å². The predicted octanol–water partition coefficient (Wildman–Crippen LogP) is 2.77. The lowest BCUT2D eigenvalue weighted by Gasteiger charge is -2.14. The third-order valence-corrected chi connectivity index (χ3v) is 2.46. The lowest BCUT2D eigenvalue weighted by atomic mass is 10.0. The maximum Gasteiger partial charge on any atom is 0.389 e. The molecule has 0 aliphatic rings. The molecular weight excluding hydrogens is 305 g/mol. The van der Waals surface area contributed by atoms with Crippen LogP contribution in [0.2, 0.25) is 0 Å². The van der Waals surface area contributed by atoms with Crippen molar-refractivity contribution >= 4 is 18.1 Å². The summed E-state index contributed by atoms with van der Waals surface area (Å²) in [6.07, 6.45) is -6.02. The van der Waals surface area contributed by atoms with Crippen LogP contribution in [0.25, 0.3) is 0 Å². The van der Waals surface area contributed by atoms with Crippen LogP contribution in [0.3, 0.4) is 0 Å². The van der Waals surface area contributed by atoms with Crippen molar-refractivity contribution < 1.29 is 28.3 Å². The summed E-state index contributed by atoms with van der Waals surface area (Å²) in [6, 6.07) is 0.617. The normalized spacial score (nSPS) is 12.6. The minimum absolute atomic E-state index is 0. The van der Waals surface area contributed by atoms with E-state index in [0.29, 0.717) is 0 Å². The molecule has 0 radical (unpaired) electrons. The Morgan fingerprint density at radius 2 is 1.90 bits per heavy atom. The number of phenols is 2. The average molecular weight is 317 g/mol. The van der Waals surface area contributed by atoms with Crippen LogP contribution in [-0.4, -0.2) is 21.3 Å². The van der Waals surface area contributed by atoms with E-state index >= 15 is 0 Å². The van der Waals surface area contributed by atoms with Crippen molar-refractivity contribution in [3.63, 3.8) is 0 Å².